The molecule has 1 aromatic carbocycles. The average Bonchev–Trinajstić information content (AvgIpc) is 3.55. The molecule has 0 radical (unpaired) electrons. The van der Waals surface area contributed by atoms with Gasteiger partial charge in [-0.05, 0) is 30.5 Å². The summed E-state index contributed by atoms with van der Waals surface area (Å²) in [5, 5.41) is 14.3. The Morgan fingerprint density at radius 1 is 1.18 bits per heavy atom. The van der Waals surface area contributed by atoms with Crippen molar-refractivity contribution in [1.29, 1.82) is 0 Å². The lowest BCUT2D eigenvalue weighted by molar-refractivity contribution is -0.123. The number of carbonyl (C=O) groups excluding carboxylic acids is 1. The smallest absolute Gasteiger partial charge is 0.230 e. The van der Waals surface area contributed by atoms with Crippen molar-refractivity contribution < 1.29 is 13.9 Å². The lowest BCUT2D eigenvalue weighted by Gasteiger charge is -2.28. The Kier molecular flexibility index (Phi) is 5.38. The third kappa shape index (κ3) is 4.06. The second-order valence-corrected chi connectivity index (χ2v) is 7.17. The summed E-state index contributed by atoms with van der Waals surface area (Å²) in [5.74, 6) is 0.386. The molecule has 2 aliphatic rings. The molecule has 4 rings (SSSR count). The van der Waals surface area contributed by atoms with Gasteiger partial charge in [-0.2, -0.15) is 5.10 Å². The third-order valence-corrected chi connectivity index (χ3v) is 5.31. The molecule has 1 aromatic heterocycles. The summed E-state index contributed by atoms with van der Waals surface area (Å²) < 4.78 is 18.5. The highest BCUT2D eigenvalue weighted by molar-refractivity contribution is 5.91. The SMILES string of the molecule is O=C(NCCNc1cc(N2CCOCC2)cnn1)C1(c2ccc(F)cc2)CC1. The predicted molar refractivity (Wildman–Crippen MR) is 104 cm³/mol. The summed E-state index contributed by atoms with van der Waals surface area (Å²) in [6.45, 7) is 4.14. The largest absolute Gasteiger partial charge is 0.378 e. The zero-order valence-corrected chi connectivity index (χ0v) is 15.7. The minimum atomic E-state index is -0.496. The lowest BCUT2D eigenvalue weighted by atomic mass is 9.95. The van der Waals surface area contributed by atoms with Crippen LogP contribution in [0.15, 0.2) is 36.5 Å². The molecule has 0 spiro atoms. The summed E-state index contributed by atoms with van der Waals surface area (Å²) in [6, 6.07) is 8.18. The Morgan fingerprint density at radius 2 is 1.93 bits per heavy atom. The molecule has 0 bridgehead atoms. The molecule has 1 aliphatic heterocycles. The molecule has 28 heavy (non-hydrogen) atoms. The number of benzene rings is 1. The summed E-state index contributed by atoms with van der Waals surface area (Å²) in [4.78, 5) is 14.8. The fourth-order valence-electron chi connectivity index (χ4n) is 3.51. The van der Waals surface area contributed by atoms with E-state index in [-0.39, 0.29) is 11.7 Å². The Balaban J connectivity index is 1.27. The standard InChI is InChI=1S/C20H24FN5O2/c21-16-3-1-15(2-4-16)20(5-6-20)19(27)23-8-7-22-18-13-17(14-24-25-18)26-9-11-28-12-10-26/h1-4,13-14H,5-12H2,(H,22,25)(H,23,27). The number of ether oxygens (including phenoxy) is 1. The number of hydrogen-bond acceptors (Lipinski definition) is 6. The number of carbonyl (C=O) groups is 1. The monoisotopic (exact) mass is 385 g/mol. The fourth-order valence-corrected chi connectivity index (χ4v) is 3.51. The van der Waals surface area contributed by atoms with Crippen LogP contribution in [0.2, 0.25) is 0 Å². The van der Waals surface area contributed by atoms with Gasteiger partial charge < -0.3 is 20.3 Å². The minimum Gasteiger partial charge on any atom is -0.378 e. The first-order valence-corrected chi connectivity index (χ1v) is 9.61. The van der Waals surface area contributed by atoms with Gasteiger partial charge in [0.15, 0.2) is 5.82 Å². The summed E-state index contributed by atoms with van der Waals surface area (Å²) in [5.41, 5.74) is 1.39. The number of morpholine rings is 1. The summed E-state index contributed by atoms with van der Waals surface area (Å²) in [6.07, 6.45) is 3.34. The number of nitrogens with zero attached hydrogens (tertiary/aromatic N) is 3. The minimum absolute atomic E-state index is 0.00550. The number of hydrogen-bond donors (Lipinski definition) is 2. The quantitative estimate of drug-likeness (QED) is 0.707. The number of anilines is 2. The molecular formula is C20H24FN5O2. The van der Waals surface area contributed by atoms with E-state index in [4.69, 9.17) is 4.74 Å². The molecule has 0 atom stereocenters. The van der Waals surface area contributed by atoms with E-state index in [9.17, 15) is 9.18 Å². The maximum Gasteiger partial charge on any atom is 0.230 e. The van der Waals surface area contributed by atoms with Gasteiger partial charge in [0, 0.05) is 32.2 Å². The third-order valence-electron chi connectivity index (χ3n) is 5.31. The second-order valence-electron chi connectivity index (χ2n) is 7.17. The summed E-state index contributed by atoms with van der Waals surface area (Å²) >= 11 is 0. The van der Waals surface area contributed by atoms with Crippen LogP contribution in [0.4, 0.5) is 15.9 Å². The number of aromatic nitrogens is 2. The first-order valence-electron chi connectivity index (χ1n) is 9.61. The van der Waals surface area contributed by atoms with Crippen molar-refractivity contribution in [1.82, 2.24) is 15.5 Å². The number of rotatable bonds is 7. The Hall–Kier alpha value is -2.74. The van der Waals surface area contributed by atoms with Crippen LogP contribution in [0.25, 0.3) is 0 Å². The van der Waals surface area contributed by atoms with Gasteiger partial charge in [0.05, 0.1) is 30.5 Å². The van der Waals surface area contributed by atoms with E-state index in [2.05, 4.69) is 25.7 Å². The highest BCUT2D eigenvalue weighted by Gasteiger charge is 2.50. The van der Waals surface area contributed by atoms with E-state index in [1.54, 1.807) is 18.3 Å². The van der Waals surface area contributed by atoms with Gasteiger partial charge in [-0.3, -0.25) is 4.79 Å². The molecule has 2 heterocycles. The van der Waals surface area contributed by atoms with Crippen molar-refractivity contribution in [3.63, 3.8) is 0 Å². The lowest BCUT2D eigenvalue weighted by Crippen LogP contribution is -2.37. The van der Waals surface area contributed by atoms with Gasteiger partial charge in [-0.1, -0.05) is 12.1 Å². The second kappa shape index (κ2) is 8.10. The Morgan fingerprint density at radius 3 is 2.64 bits per heavy atom. The Bertz CT molecular complexity index is 820. The van der Waals surface area contributed by atoms with Crippen LogP contribution >= 0.6 is 0 Å². The van der Waals surface area contributed by atoms with Crippen LogP contribution in [0, 0.1) is 5.82 Å². The predicted octanol–water partition coefficient (Wildman–Crippen LogP) is 1.71. The van der Waals surface area contributed by atoms with Crippen LogP contribution in [0.1, 0.15) is 18.4 Å². The van der Waals surface area contributed by atoms with E-state index < -0.39 is 5.41 Å². The van der Waals surface area contributed by atoms with E-state index in [0.29, 0.717) is 32.1 Å². The molecule has 0 unspecified atom stereocenters. The van der Waals surface area contributed by atoms with Gasteiger partial charge in [0.2, 0.25) is 5.91 Å². The van der Waals surface area contributed by atoms with E-state index in [1.165, 1.54) is 12.1 Å². The molecule has 1 amide bonds. The maximum atomic E-state index is 13.1. The molecule has 7 nitrogen and oxygen atoms in total. The van der Waals surface area contributed by atoms with Crippen LogP contribution in [0.5, 0.6) is 0 Å². The van der Waals surface area contributed by atoms with E-state index >= 15 is 0 Å². The number of halogens is 1. The van der Waals surface area contributed by atoms with Crippen molar-refractivity contribution in [2.45, 2.75) is 18.3 Å². The molecular weight excluding hydrogens is 361 g/mol. The van der Waals surface area contributed by atoms with Crippen LogP contribution < -0.4 is 15.5 Å². The fraction of sp³-hybridized carbons (Fsp3) is 0.450. The van der Waals surface area contributed by atoms with Crippen LogP contribution in [-0.2, 0) is 14.9 Å². The van der Waals surface area contributed by atoms with Crippen LogP contribution in [-0.4, -0.2) is 55.5 Å². The maximum absolute atomic E-state index is 13.1. The average molecular weight is 385 g/mol. The van der Waals surface area contributed by atoms with E-state index in [0.717, 1.165) is 37.2 Å². The molecule has 1 saturated heterocycles. The molecule has 2 aromatic rings. The topological polar surface area (TPSA) is 79.4 Å². The molecule has 148 valence electrons. The summed E-state index contributed by atoms with van der Waals surface area (Å²) in [7, 11) is 0. The van der Waals surface area contributed by atoms with Crippen molar-refractivity contribution in [3.8, 4) is 0 Å². The molecule has 8 heteroatoms. The zero-order valence-electron chi connectivity index (χ0n) is 15.7. The van der Waals surface area contributed by atoms with Gasteiger partial charge in [0.25, 0.3) is 0 Å². The number of amides is 1. The van der Waals surface area contributed by atoms with Crippen molar-refractivity contribution >= 4 is 17.4 Å². The highest BCUT2D eigenvalue weighted by Crippen LogP contribution is 2.48. The highest BCUT2D eigenvalue weighted by atomic mass is 19.1. The number of nitrogens with one attached hydrogen (secondary N) is 2. The van der Waals surface area contributed by atoms with Crippen molar-refractivity contribution in [3.05, 3.63) is 47.9 Å². The van der Waals surface area contributed by atoms with Crippen molar-refractivity contribution in [2.75, 3.05) is 49.6 Å². The zero-order chi connectivity index (χ0) is 19.4. The molecule has 2 fully saturated rings. The van der Waals surface area contributed by atoms with Gasteiger partial charge in [-0.15, -0.1) is 5.10 Å². The van der Waals surface area contributed by atoms with Crippen molar-refractivity contribution in [2.24, 2.45) is 0 Å². The normalized spacial score (nSPS) is 17.8. The van der Waals surface area contributed by atoms with Gasteiger partial charge in [-0.25, -0.2) is 4.39 Å². The van der Waals surface area contributed by atoms with Gasteiger partial charge >= 0.3 is 0 Å². The molecule has 1 saturated carbocycles. The van der Waals surface area contributed by atoms with E-state index in [1.807, 2.05) is 6.07 Å². The first kappa shape index (κ1) is 18.6. The Labute approximate surface area is 163 Å². The molecule has 1 aliphatic carbocycles. The van der Waals surface area contributed by atoms with Gasteiger partial charge in [0.1, 0.15) is 5.82 Å². The molecule has 2 N–H and O–H groups in total. The first-order chi connectivity index (χ1) is 13.7. The van der Waals surface area contributed by atoms with Crippen LogP contribution in [0.3, 0.4) is 0 Å².